The summed E-state index contributed by atoms with van der Waals surface area (Å²) in [5.41, 5.74) is -0.947. The fraction of sp³-hybridized carbons (Fsp3) is 0.700. The predicted octanol–water partition coefficient (Wildman–Crippen LogP) is 6.23. The van der Waals surface area contributed by atoms with Gasteiger partial charge < -0.3 is 0 Å². The van der Waals surface area contributed by atoms with Gasteiger partial charge in [0.15, 0.2) is 5.75 Å². The maximum absolute atomic E-state index is 13.4. The van der Waals surface area contributed by atoms with Gasteiger partial charge in [-0.3, -0.25) is 14.2 Å². The van der Waals surface area contributed by atoms with Gasteiger partial charge in [0.2, 0.25) is 0 Å². The first-order valence-electron chi connectivity index (χ1n) is 9.41. The van der Waals surface area contributed by atoms with Gasteiger partial charge in [-0.25, -0.2) is 0 Å². The molecular formula is C20H33NO4P+. The average Bonchev–Trinajstić information content (AvgIpc) is 2.53. The number of hydroxylamine groups is 2. The fourth-order valence-electron chi connectivity index (χ4n) is 2.90. The van der Waals surface area contributed by atoms with Crippen molar-refractivity contribution in [3.8, 4) is 5.75 Å². The van der Waals surface area contributed by atoms with Gasteiger partial charge in [0.25, 0.3) is 0 Å². The summed E-state index contributed by atoms with van der Waals surface area (Å²) in [7, 11) is -2.08. The quantitative estimate of drug-likeness (QED) is 0.431. The zero-order valence-electron chi connectivity index (χ0n) is 16.9. The molecule has 2 rings (SSSR count). The molecule has 1 aromatic carbocycles. The van der Waals surface area contributed by atoms with Crippen LogP contribution >= 0.6 is 8.03 Å². The zero-order valence-corrected chi connectivity index (χ0v) is 17.8. The highest BCUT2D eigenvalue weighted by atomic mass is 31.1. The van der Waals surface area contributed by atoms with Crippen molar-refractivity contribution in [2.75, 3.05) is 0 Å². The molecule has 5 nitrogen and oxygen atoms in total. The topological polar surface area (TPSA) is 48.0 Å². The van der Waals surface area contributed by atoms with Gasteiger partial charge in [0.05, 0.1) is 11.2 Å². The molecule has 0 saturated heterocycles. The number of para-hydroxylation sites is 1. The van der Waals surface area contributed by atoms with Crippen LogP contribution in [0.5, 0.6) is 5.75 Å². The monoisotopic (exact) mass is 382 g/mol. The van der Waals surface area contributed by atoms with Gasteiger partial charge in [-0.15, -0.1) is 0 Å². The van der Waals surface area contributed by atoms with Gasteiger partial charge >= 0.3 is 13.3 Å². The van der Waals surface area contributed by atoms with Gasteiger partial charge in [-0.2, -0.15) is 0 Å². The van der Waals surface area contributed by atoms with Crippen LogP contribution in [0.15, 0.2) is 30.3 Å². The molecule has 0 amide bonds. The lowest BCUT2D eigenvalue weighted by molar-refractivity contribution is -0.456. The Hall–Kier alpha value is -1.00. The van der Waals surface area contributed by atoms with E-state index in [1.165, 1.54) is 5.23 Å². The van der Waals surface area contributed by atoms with Crippen molar-refractivity contribution in [2.45, 2.75) is 90.1 Å². The highest BCUT2D eigenvalue weighted by molar-refractivity contribution is 7.41. The molecule has 1 saturated carbocycles. The second-order valence-corrected chi connectivity index (χ2v) is 10.4. The summed E-state index contributed by atoms with van der Waals surface area (Å²) in [4.78, 5) is 12.3. The van der Waals surface area contributed by atoms with Crippen molar-refractivity contribution in [1.82, 2.24) is 5.23 Å². The molecule has 0 heterocycles. The summed E-state index contributed by atoms with van der Waals surface area (Å²) in [6.45, 7) is 11.8. The van der Waals surface area contributed by atoms with Crippen LogP contribution in [0, 0.1) is 0 Å². The van der Waals surface area contributed by atoms with Gasteiger partial charge in [0.1, 0.15) is 0 Å². The first-order chi connectivity index (χ1) is 12.0. The zero-order chi connectivity index (χ0) is 19.4. The number of rotatable bonds is 6. The molecule has 0 N–H and O–H groups in total. The van der Waals surface area contributed by atoms with Crippen molar-refractivity contribution in [1.29, 1.82) is 0 Å². The van der Waals surface area contributed by atoms with E-state index in [9.17, 15) is 4.57 Å². The Morgan fingerprint density at radius 2 is 1.38 bits per heavy atom. The van der Waals surface area contributed by atoms with Crippen LogP contribution in [-0.2, 0) is 14.2 Å². The lowest BCUT2D eigenvalue weighted by Gasteiger charge is -2.41. The molecule has 0 aliphatic heterocycles. The number of nitrogens with zero attached hydrogens (tertiary/aromatic N) is 1. The minimum absolute atomic E-state index is 0.474. The highest BCUT2D eigenvalue weighted by Crippen LogP contribution is 2.53. The molecule has 6 heteroatoms. The molecule has 1 aliphatic rings. The maximum Gasteiger partial charge on any atom is 0.583 e. The summed E-state index contributed by atoms with van der Waals surface area (Å²) < 4.78 is 19.3. The van der Waals surface area contributed by atoms with Crippen LogP contribution in [-0.4, -0.2) is 21.7 Å². The van der Waals surface area contributed by atoms with Crippen molar-refractivity contribution in [3.05, 3.63) is 30.3 Å². The van der Waals surface area contributed by atoms with Crippen LogP contribution in [0.3, 0.4) is 0 Å². The highest BCUT2D eigenvalue weighted by Gasteiger charge is 2.61. The first kappa shape index (κ1) is 21.3. The minimum atomic E-state index is -2.08. The number of benzene rings is 1. The maximum atomic E-state index is 13.4. The number of hydrogen-bond acceptors (Lipinski definition) is 5. The summed E-state index contributed by atoms with van der Waals surface area (Å²) in [5, 5.41) is 0.706. The van der Waals surface area contributed by atoms with Crippen LogP contribution in [0.4, 0.5) is 0 Å². The van der Waals surface area contributed by atoms with E-state index in [4.69, 9.17) is 14.2 Å². The third-order valence-electron chi connectivity index (χ3n) is 3.98. The summed E-state index contributed by atoms with van der Waals surface area (Å²) in [6.07, 6.45) is 4.48. The standard InChI is InChI=1S/C20H33NO4P/c1-18(2,3)24-21(25-19(4,5)6)20(15-11-8-12-16-20)26(22)23-17-13-9-7-10-14-17/h7,9-10,13-14H,8,11-12,15-16H2,1-6H3/q+1. The van der Waals surface area contributed by atoms with E-state index in [0.29, 0.717) is 18.6 Å². The molecule has 0 aromatic heterocycles. The smallest absolute Gasteiger partial charge is 0.264 e. The van der Waals surface area contributed by atoms with Crippen molar-refractivity contribution in [3.63, 3.8) is 0 Å². The van der Waals surface area contributed by atoms with E-state index in [2.05, 4.69) is 0 Å². The molecule has 1 aromatic rings. The first-order valence-corrected chi connectivity index (χ1v) is 10.6. The number of hydrogen-bond donors (Lipinski definition) is 0. The Balaban J connectivity index is 2.35. The van der Waals surface area contributed by atoms with Gasteiger partial charge in [-0.1, -0.05) is 24.6 Å². The summed E-state index contributed by atoms with van der Waals surface area (Å²) >= 11 is 0. The van der Waals surface area contributed by atoms with Crippen LogP contribution in [0.1, 0.15) is 73.6 Å². The molecular weight excluding hydrogens is 349 g/mol. The molecule has 1 fully saturated rings. The largest absolute Gasteiger partial charge is 0.583 e. The molecule has 1 unspecified atom stereocenters. The average molecular weight is 382 g/mol. The fourth-order valence-corrected chi connectivity index (χ4v) is 4.28. The van der Waals surface area contributed by atoms with E-state index >= 15 is 0 Å². The molecule has 26 heavy (non-hydrogen) atoms. The van der Waals surface area contributed by atoms with Gasteiger partial charge in [-0.05, 0) is 76.3 Å². The molecule has 1 aliphatic carbocycles. The van der Waals surface area contributed by atoms with Crippen molar-refractivity contribution < 1.29 is 18.8 Å². The van der Waals surface area contributed by atoms with E-state index in [0.717, 1.165) is 19.3 Å². The van der Waals surface area contributed by atoms with E-state index in [-0.39, 0.29) is 0 Å². The Bertz CT molecular complexity index is 570. The third kappa shape index (κ3) is 6.02. The lowest BCUT2D eigenvalue weighted by Crippen LogP contribution is -2.53. The Morgan fingerprint density at radius 3 is 1.85 bits per heavy atom. The summed E-state index contributed by atoms with van der Waals surface area (Å²) in [6, 6.07) is 9.31. The minimum Gasteiger partial charge on any atom is -0.264 e. The third-order valence-corrected chi connectivity index (χ3v) is 5.65. The Morgan fingerprint density at radius 1 is 0.885 bits per heavy atom. The second-order valence-electron chi connectivity index (χ2n) is 8.87. The van der Waals surface area contributed by atoms with Gasteiger partial charge in [0, 0.05) is 12.8 Å². The SMILES string of the molecule is CC(C)(C)ON(OC(C)(C)C)C1([P+](=O)Oc2ccccc2)CCCCC1. The molecule has 0 radical (unpaired) electrons. The molecule has 0 bridgehead atoms. The van der Waals surface area contributed by atoms with Crippen molar-refractivity contribution >= 4 is 8.03 Å². The molecule has 146 valence electrons. The lowest BCUT2D eigenvalue weighted by atomic mass is 9.95. The predicted molar refractivity (Wildman–Crippen MR) is 104 cm³/mol. The van der Waals surface area contributed by atoms with Crippen LogP contribution in [0.2, 0.25) is 0 Å². The van der Waals surface area contributed by atoms with E-state index < -0.39 is 24.5 Å². The van der Waals surface area contributed by atoms with Crippen LogP contribution < -0.4 is 4.52 Å². The molecule has 0 spiro atoms. The Labute approximate surface area is 158 Å². The van der Waals surface area contributed by atoms with E-state index in [1.807, 2.05) is 71.9 Å². The summed E-state index contributed by atoms with van der Waals surface area (Å²) in [5.74, 6) is 0.602. The van der Waals surface area contributed by atoms with E-state index in [1.54, 1.807) is 0 Å². The molecule has 1 atom stereocenters. The second kappa shape index (κ2) is 8.35. The van der Waals surface area contributed by atoms with Crippen molar-refractivity contribution in [2.24, 2.45) is 0 Å². The Kier molecular flexibility index (Phi) is 6.84. The normalized spacial score (nSPS) is 18.7. The van der Waals surface area contributed by atoms with Crippen LogP contribution in [0.25, 0.3) is 0 Å².